The molecule has 7 heteroatoms. The molecule has 28 heavy (non-hydrogen) atoms. The number of anilines is 1. The second-order valence-corrected chi connectivity index (χ2v) is 6.01. The Hall–Kier alpha value is -3.87. The van der Waals surface area contributed by atoms with Gasteiger partial charge in [-0.3, -0.25) is 20.2 Å². The predicted octanol–water partition coefficient (Wildman–Crippen LogP) is 3.47. The predicted molar refractivity (Wildman–Crippen MR) is 110 cm³/mol. The van der Waals surface area contributed by atoms with E-state index in [-0.39, 0.29) is 5.91 Å². The second-order valence-electron chi connectivity index (χ2n) is 6.01. The van der Waals surface area contributed by atoms with E-state index in [1.807, 2.05) is 38.1 Å². The Morgan fingerprint density at radius 1 is 0.786 bits per heavy atom. The fraction of sp³-hybridized carbons (Fsp3) is 0.0952. The smallest absolute Gasteiger partial charge is 0.271 e. The monoisotopic (exact) mass is 372 g/mol. The van der Waals surface area contributed by atoms with Crippen molar-refractivity contribution < 1.29 is 4.79 Å². The lowest BCUT2D eigenvalue weighted by Gasteiger charge is -2.05. The number of pyridine rings is 2. The number of carbonyl (C=O) groups is 1. The van der Waals surface area contributed by atoms with Gasteiger partial charge in [0.05, 0.1) is 17.1 Å². The van der Waals surface area contributed by atoms with E-state index in [0.717, 1.165) is 22.5 Å². The van der Waals surface area contributed by atoms with Crippen molar-refractivity contribution in [2.45, 2.75) is 13.8 Å². The van der Waals surface area contributed by atoms with Crippen LogP contribution in [-0.2, 0) is 0 Å². The van der Waals surface area contributed by atoms with E-state index in [4.69, 9.17) is 0 Å². The van der Waals surface area contributed by atoms with Gasteiger partial charge in [-0.25, -0.2) is 5.43 Å². The van der Waals surface area contributed by atoms with Gasteiger partial charge in [-0.2, -0.15) is 10.2 Å². The first-order valence-electron chi connectivity index (χ1n) is 8.69. The highest BCUT2D eigenvalue weighted by molar-refractivity contribution is 6.01. The first-order chi connectivity index (χ1) is 13.6. The maximum atomic E-state index is 12.3. The van der Waals surface area contributed by atoms with Gasteiger partial charge in [-0.15, -0.1) is 0 Å². The van der Waals surface area contributed by atoms with Gasteiger partial charge >= 0.3 is 0 Å². The average molecular weight is 372 g/mol. The quantitative estimate of drug-likeness (QED) is 0.512. The summed E-state index contributed by atoms with van der Waals surface area (Å²) in [5.41, 5.74) is 10.1. The van der Waals surface area contributed by atoms with Gasteiger partial charge in [0.1, 0.15) is 0 Å². The summed E-state index contributed by atoms with van der Waals surface area (Å²) in [4.78, 5) is 20.4. The lowest BCUT2D eigenvalue weighted by Crippen LogP contribution is -2.19. The minimum atomic E-state index is -0.287. The first kappa shape index (κ1) is 18.9. The van der Waals surface area contributed by atoms with Gasteiger partial charge in [-0.1, -0.05) is 12.1 Å². The van der Waals surface area contributed by atoms with E-state index in [9.17, 15) is 4.79 Å². The maximum Gasteiger partial charge on any atom is 0.271 e. The van der Waals surface area contributed by atoms with Gasteiger partial charge in [-0.05, 0) is 50.2 Å². The zero-order valence-corrected chi connectivity index (χ0v) is 15.6. The van der Waals surface area contributed by atoms with Crippen molar-refractivity contribution in [3.05, 3.63) is 90.0 Å². The van der Waals surface area contributed by atoms with E-state index < -0.39 is 0 Å². The van der Waals surface area contributed by atoms with E-state index in [1.54, 1.807) is 49.1 Å². The highest BCUT2D eigenvalue weighted by atomic mass is 16.2. The molecule has 1 aromatic carbocycles. The standard InChI is InChI=1S/C21H20N6O/c1-15(18-5-3-11-22-13-18)24-26-20-9-7-17(8-10-20)21(28)27-25-16(2)19-6-4-12-23-14-19/h3-14,26H,1-2H3,(H,27,28)/b24-15+,25-16+. The molecule has 2 aromatic heterocycles. The van der Waals surface area contributed by atoms with Gasteiger partial charge in [0.15, 0.2) is 0 Å². The summed E-state index contributed by atoms with van der Waals surface area (Å²) >= 11 is 0. The van der Waals surface area contributed by atoms with E-state index >= 15 is 0 Å². The number of hydrogen-bond donors (Lipinski definition) is 2. The molecule has 0 spiro atoms. The maximum absolute atomic E-state index is 12.3. The summed E-state index contributed by atoms with van der Waals surface area (Å²) in [7, 11) is 0. The number of carbonyl (C=O) groups excluding carboxylic acids is 1. The molecule has 3 rings (SSSR count). The van der Waals surface area contributed by atoms with Crippen LogP contribution in [0.3, 0.4) is 0 Å². The zero-order valence-electron chi connectivity index (χ0n) is 15.6. The molecule has 0 bridgehead atoms. The van der Waals surface area contributed by atoms with E-state index in [0.29, 0.717) is 11.3 Å². The summed E-state index contributed by atoms with van der Waals surface area (Å²) in [6, 6.07) is 14.5. The summed E-state index contributed by atoms with van der Waals surface area (Å²) in [6.45, 7) is 3.71. The first-order valence-corrected chi connectivity index (χ1v) is 8.69. The van der Waals surface area contributed by atoms with E-state index in [2.05, 4.69) is 31.0 Å². The lowest BCUT2D eigenvalue weighted by atomic mass is 10.2. The normalized spacial score (nSPS) is 11.8. The van der Waals surface area contributed by atoms with Crippen molar-refractivity contribution in [2.75, 3.05) is 5.43 Å². The van der Waals surface area contributed by atoms with Crippen LogP contribution in [0, 0.1) is 0 Å². The summed E-state index contributed by atoms with van der Waals surface area (Å²) < 4.78 is 0. The van der Waals surface area contributed by atoms with Crippen LogP contribution in [0.5, 0.6) is 0 Å². The van der Waals surface area contributed by atoms with Crippen LogP contribution in [0.2, 0.25) is 0 Å². The SMILES string of the molecule is C/C(=N\NC(=O)c1ccc(N/N=C(\C)c2cccnc2)cc1)c1cccnc1. The minimum Gasteiger partial charge on any atom is -0.278 e. The third-order valence-corrected chi connectivity index (χ3v) is 3.98. The van der Waals surface area contributed by atoms with E-state index in [1.165, 1.54) is 0 Å². The van der Waals surface area contributed by atoms with Crippen LogP contribution in [-0.4, -0.2) is 27.3 Å². The summed E-state index contributed by atoms with van der Waals surface area (Å²) in [6.07, 6.45) is 6.85. The largest absolute Gasteiger partial charge is 0.278 e. The number of nitrogens with one attached hydrogen (secondary N) is 2. The number of hydrazone groups is 2. The van der Waals surface area contributed by atoms with Crippen LogP contribution < -0.4 is 10.9 Å². The third-order valence-electron chi connectivity index (χ3n) is 3.98. The minimum absolute atomic E-state index is 0.287. The fourth-order valence-corrected chi connectivity index (χ4v) is 2.33. The van der Waals surface area contributed by atoms with Crippen molar-refractivity contribution in [1.82, 2.24) is 15.4 Å². The Labute approximate surface area is 163 Å². The van der Waals surface area contributed by atoms with Crippen LogP contribution in [0.4, 0.5) is 5.69 Å². The molecule has 0 aliphatic heterocycles. The van der Waals surface area contributed by atoms with Gasteiger partial charge in [0.2, 0.25) is 0 Å². The molecule has 0 atom stereocenters. The molecule has 3 aromatic rings. The summed E-state index contributed by atoms with van der Waals surface area (Å²) in [5, 5.41) is 8.45. The number of amides is 1. The Morgan fingerprint density at radius 3 is 1.89 bits per heavy atom. The van der Waals surface area contributed by atoms with Crippen LogP contribution in [0.1, 0.15) is 35.3 Å². The van der Waals surface area contributed by atoms with Gasteiger partial charge in [0, 0.05) is 41.5 Å². The second kappa shape index (κ2) is 9.18. The van der Waals surface area contributed by atoms with Crippen molar-refractivity contribution in [2.24, 2.45) is 10.2 Å². The number of hydrogen-bond acceptors (Lipinski definition) is 6. The molecule has 7 nitrogen and oxygen atoms in total. The molecule has 2 N–H and O–H groups in total. The molecule has 0 unspecified atom stereocenters. The van der Waals surface area contributed by atoms with Crippen molar-refractivity contribution in [1.29, 1.82) is 0 Å². The molecular formula is C21H20N6O. The van der Waals surface area contributed by atoms with Crippen LogP contribution in [0.15, 0.2) is 83.5 Å². The van der Waals surface area contributed by atoms with Crippen LogP contribution >= 0.6 is 0 Å². The number of aromatic nitrogens is 2. The Morgan fingerprint density at radius 2 is 1.36 bits per heavy atom. The molecule has 2 heterocycles. The molecule has 0 saturated heterocycles. The average Bonchev–Trinajstić information content (AvgIpc) is 2.77. The number of nitrogens with zero attached hydrogens (tertiary/aromatic N) is 4. The number of rotatable bonds is 6. The molecule has 0 aliphatic carbocycles. The third kappa shape index (κ3) is 5.07. The van der Waals surface area contributed by atoms with Gasteiger partial charge in [0.25, 0.3) is 5.91 Å². The topological polar surface area (TPSA) is 91.6 Å². The van der Waals surface area contributed by atoms with Crippen molar-refractivity contribution >= 4 is 23.0 Å². The number of benzene rings is 1. The molecule has 0 aliphatic rings. The lowest BCUT2D eigenvalue weighted by molar-refractivity contribution is 0.0955. The molecule has 0 fully saturated rings. The molecule has 0 saturated carbocycles. The highest BCUT2D eigenvalue weighted by Crippen LogP contribution is 2.10. The Bertz CT molecular complexity index is 982. The van der Waals surface area contributed by atoms with Crippen LogP contribution in [0.25, 0.3) is 0 Å². The molecule has 1 amide bonds. The van der Waals surface area contributed by atoms with Crippen molar-refractivity contribution in [3.8, 4) is 0 Å². The fourth-order valence-electron chi connectivity index (χ4n) is 2.33. The van der Waals surface area contributed by atoms with Crippen molar-refractivity contribution in [3.63, 3.8) is 0 Å². The summed E-state index contributed by atoms with van der Waals surface area (Å²) in [5.74, 6) is -0.287. The molecule has 140 valence electrons. The molecular weight excluding hydrogens is 352 g/mol. The van der Waals surface area contributed by atoms with Gasteiger partial charge < -0.3 is 0 Å². The zero-order chi connectivity index (χ0) is 19.8. The molecule has 0 radical (unpaired) electrons. The Kier molecular flexibility index (Phi) is 6.20. The Balaban J connectivity index is 1.60. The highest BCUT2D eigenvalue weighted by Gasteiger charge is 2.05.